The molecule has 0 saturated carbocycles. The summed E-state index contributed by atoms with van der Waals surface area (Å²) in [5.41, 5.74) is 0. The van der Waals surface area contributed by atoms with Gasteiger partial charge in [0, 0.05) is 0 Å². The Balaban J connectivity index is 4.40. The molecule has 0 amide bonds. The first-order valence-electron chi connectivity index (χ1n) is 3.74. The summed E-state index contributed by atoms with van der Waals surface area (Å²) in [6.07, 6.45) is 1.86. The Morgan fingerprint density at radius 1 is 1.40 bits per heavy atom. The van der Waals surface area contributed by atoms with Gasteiger partial charge in [-0.3, -0.25) is 0 Å². The Morgan fingerprint density at radius 3 is 1.80 bits per heavy atom. The van der Waals surface area contributed by atoms with Crippen LogP contribution in [0, 0.1) is 0 Å². The zero-order valence-corrected chi connectivity index (χ0v) is 10.5. The molecule has 0 aromatic heterocycles. The van der Waals surface area contributed by atoms with E-state index in [1.807, 2.05) is 13.8 Å². The fraction of sp³-hybridized carbons (Fsp3) is 0.750. The normalized spacial score (nSPS) is 17.2. The van der Waals surface area contributed by atoms with Gasteiger partial charge in [-0.25, -0.2) is 0 Å². The van der Waals surface area contributed by atoms with Crippen molar-refractivity contribution in [1.82, 2.24) is 0 Å². The minimum atomic E-state index is -1.92. The molecular weight excluding hydrogens is 231 g/mol. The van der Waals surface area contributed by atoms with Crippen LogP contribution in [-0.4, -0.2) is 29.6 Å². The van der Waals surface area contributed by atoms with Crippen molar-refractivity contribution in [2.45, 2.75) is 34.8 Å². The second kappa shape index (κ2) is 3.77. The Bertz CT molecular complexity index is 131. The Kier molecular flexibility index (Phi) is 3.95. The van der Waals surface area contributed by atoms with Gasteiger partial charge < -0.3 is 0 Å². The van der Waals surface area contributed by atoms with E-state index >= 15 is 0 Å². The van der Waals surface area contributed by atoms with Gasteiger partial charge in [-0.2, -0.15) is 0 Å². The molecule has 10 heavy (non-hydrogen) atoms. The summed E-state index contributed by atoms with van der Waals surface area (Å²) >= 11 is -1.92. The summed E-state index contributed by atoms with van der Waals surface area (Å²) in [7, 11) is 0. The molecule has 0 aliphatic heterocycles. The molecule has 0 aromatic carbocycles. The predicted molar refractivity (Wildman–Crippen MR) is 48.8 cm³/mol. The number of hydrogen-bond acceptors (Lipinski definition) is 1. The van der Waals surface area contributed by atoms with Gasteiger partial charge in [0.05, 0.1) is 0 Å². The molecule has 0 fully saturated rings. The van der Waals surface area contributed by atoms with Gasteiger partial charge in [0.2, 0.25) is 0 Å². The van der Waals surface area contributed by atoms with Gasteiger partial charge in [0.15, 0.2) is 0 Å². The molecule has 0 aliphatic rings. The predicted octanol–water partition coefficient (Wildman–Crippen LogP) is 2.19. The van der Waals surface area contributed by atoms with E-state index in [9.17, 15) is 5.11 Å². The van der Waals surface area contributed by atoms with Crippen molar-refractivity contribution in [2.24, 2.45) is 0 Å². The SMILES string of the molecule is C/C=[C](/C(C)O)[Sn]([CH3])([CH3])[CH3]. The minimum absolute atomic E-state index is 0.221. The summed E-state index contributed by atoms with van der Waals surface area (Å²) in [4.78, 5) is 6.95. The van der Waals surface area contributed by atoms with Crippen molar-refractivity contribution >= 4 is 18.4 Å². The first kappa shape index (κ1) is 10.5. The van der Waals surface area contributed by atoms with E-state index in [2.05, 4.69) is 20.9 Å². The molecule has 60 valence electrons. The molecule has 1 nitrogen and oxygen atoms in total. The third-order valence-electron chi connectivity index (χ3n) is 1.63. The summed E-state index contributed by atoms with van der Waals surface area (Å²) in [6.45, 7) is 3.88. The summed E-state index contributed by atoms with van der Waals surface area (Å²) in [6, 6.07) is 0. The molecule has 0 saturated heterocycles. The van der Waals surface area contributed by atoms with E-state index in [1.165, 1.54) is 3.59 Å². The van der Waals surface area contributed by atoms with Crippen molar-refractivity contribution in [2.75, 3.05) is 0 Å². The number of allylic oxidation sites excluding steroid dienone is 1. The fourth-order valence-electron chi connectivity index (χ4n) is 1.30. The third kappa shape index (κ3) is 3.06. The molecule has 0 radical (unpaired) electrons. The van der Waals surface area contributed by atoms with E-state index in [0.29, 0.717) is 0 Å². The number of hydrogen-bond donors (Lipinski definition) is 1. The molecule has 2 heteroatoms. The zero-order valence-electron chi connectivity index (χ0n) is 7.60. The summed E-state index contributed by atoms with van der Waals surface area (Å²) in [5.74, 6) is 0. The van der Waals surface area contributed by atoms with Gasteiger partial charge in [0.25, 0.3) is 0 Å². The first-order valence-corrected chi connectivity index (χ1v) is 13.7. The average Bonchev–Trinajstić information content (AvgIpc) is 1.60. The molecule has 0 aliphatic carbocycles. The van der Waals surface area contributed by atoms with Crippen molar-refractivity contribution in [3.63, 3.8) is 0 Å². The zero-order chi connectivity index (χ0) is 8.36. The summed E-state index contributed by atoms with van der Waals surface area (Å²) in [5, 5.41) is 9.33. The van der Waals surface area contributed by atoms with Crippen LogP contribution in [0.25, 0.3) is 0 Å². The molecule has 1 atom stereocenters. The molecule has 0 spiro atoms. The average molecular weight is 249 g/mol. The first-order chi connectivity index (χ1) is 4.39. The molecular formula is C8H18OSn. The summed E-state index contributed by atoms with van der Waals surface area (Å²) < 4.78 is 1.31. The van der Waals surface area contributed by atoms with Crippen LogP contribution in [0.5, 0.6) is 0 Å². The van der Waals surface area contributed by atoms with Gasteiger partial charge >= 0.3 is 67.9 Å². The van der Waals surface area contributed by atoms with E-state index in [-0.39, 0.29) is 6.10 Å². The van der Waals surface area contributed by atoms with Crippen LogP contribution in [0.2, 0.25) is 14.8 Å². The molecule has 0 heterocycles. The second-order valence-electron chi connectivity index (χ2n) is 3.67. The van der Waals surface area contributed by atoms with Crippen molar-refractivity contribution in [3.05, 3.63) is 9.67 Å². The number of rotatable bonds is 2. The van der Waals surface area contributed by atoms with E-state index in [1.54, 1.807) is 0 Å². The van der Waals surface area contributed by atoms with Crippen LogP contribution in [0.1, 0.15) is 13.8 Å². The monoisotopic (exact) mass is 250 g/mol. The molecule has 1 N–H and O–H groups in total. The van der Waals surface area contributed by atoms with Crippen LogP contribution >= 0.6 is 0 Å². The Labute approximate surface area is 68.0 Å². The third-order valence-corrected chi connectivity index (χ3v) is 8.59. The van der Waals surface area contributed by atoms with Gasteiger partial charge in [0.1, 0.15) is 0 Å². The van der Waals surface area contributed by atoms with E-state index in [4.69, 9.17) is 0 Å². The van der Waals surface area contributed by atoms with Gasteiger partial charge in [-0.15, -0.1) is 0 Å². The van der Waals surface area contributed by atoms with E-state index < -0.39 is 18.4 Å². The molecule has 0 bridgehead atoms. The number of aliphatic hydroxyl groups is 1. The molecule has 0 rings (SSSR count). The topological polar surface area (TPSA) is 20.2 Å². The number of aliphatic hydroxyl groups excluding tert-OH is 1. The van der Waals surface area contributed by atoms with Crippen molar-refractivity contribution in [3.8, 4) is 0 Å². The van der Waals surface area contributed by atoms with E-state index in [0.717, 1.165) is 0 Å². The maximum atomic E-state index is 9.33. The van der Waals surface area contributed by atoms with Crippen LogP contribution in [-0.2, 0) is 0 Å². The quantitative estimate of drug-likeness (QED) is 0.743. The van der Waals surface area contributed by atoms with Crippen molar-refractivity contribution in [1.29, 1.82) is 0 Å². The maximum absolute atomic E-state index is 9.33. The standard InChI is InChI=1S/C5H9O.3CH3.Sn/c1-3-4-5(2)6;;;;/h3,5-6H,1-2H3;3*1H3;. The molecule has 0 aromatic rings. The Hall–Kier alpha value is 0.499. The van der Waals surface area contributed by atoms with Crippen LogP contribution in [0.15, 0.2) is 9.67 Å². The van der Waals surface area contributed by atoms with Crippen LogP contribution in [0.3, 0.4) is 0 Å². The molecule has 1 unspecified atom stereocenters. The van der Waals surface area contributed by atoms with Crippen molar-refractivity contribution < 1.29 is 5.11 Å². The Morgan fingerprint density at radius 2 is 1.80 bits per heavy atom. The van der Waals surface area contributed by atoms with Gasteiger partial charge in [-0.05, 0) is 0 Å². The van der Waals surface area contributed by atoms with Crippen LogP contribution < -0.4 is 0 Å². The second-order valence-corrected chi connectivity index (χ2v) is 18.2. The van der Waals surface area contributed by atoms with Gasteiger partial charge in [-0.1, -0.05) is 0 Å². The fourth-order valence-corrected chi connectivity index (χ4v) is 7.35. The van der Waals surface area contributed by atoms with Crippen LogP contribution in [0.4, 0.5) is 0 Å².